The van der Waals surface area contributed by atoms with E-state index in [2.05, 4.69) is 4.90 Å². The second kappa shape index (κ2) is 5.08. The van der Waals surface area contributed by atoms with Crippen molar-refractivity contribution in [2.45, 2.75) is 19.9 Å². The van der Waals surface area contributed by atoms with E-state index in [0.717, 1.165) is 22.4 Å². The number of Topliss-reactive ketones (excluding diaryl/α,β-unsaturated/α-hetero) is 1. The van der Waals surface area contributed by atoms with E-state index in [4.69, 9.17) is 0 Å². The number of ketones is 1. The molecule has 0 bridgehead atoms. The van der Waals surface area contributed by atoms with Crippen molar-refractivity contribution in [2.75, 3.05) is 11.4 Å². The lowest BCUT2D eigenvalue weighted by Gasteiger charge is -2.31. The van der Waals surface area contributed by atoms with Crippen LogP contribution >= 0.6 is 0 Å². The molecular weight excluding hydrogens is 253 g/mol. The third-order valence-electron chi connectivity index (χ3n) is 3.82. The molecule has 102 valence electrons. The second-order valence-electron chi connectivity index (χ2n) is 5.18. The zero-order valence-corrected chi connectivity index (χ0v) is 11.4. The quantitative estimate of drug-likeness (QED) is 0.828. The Bertz CT molecular complexity index is 666. The van der Waals surface area contributed by atoms with Gasteiger partial charge < -0.3 is 4.90 Å². The number of hydrogen-bond donors (Lipinski definition) is 0. The summed E-state index contributed by atoms with van der Waals surface area (Å²) >= 11 is 0. The topological polar surface area (TPSA) is 20.3 Å². The molecule has 20 heavy (non-hydrogen) atoms. The molecule has 1 heterocycles. The van der Waals surface area contributed by atoms with Crippen LogP contribution in [0.15, 0.2) is 42.5 Å². The standard InChI is InChI=1S/C17H16FNO/c1-12-10-14(18)7-6-13(12)11-19-9-8-17(20)15-4-2-3-5-16(15)19/h2-7,10H,8-9,11H2,1H3. The molecule has 0 radical (unpaired) electrons. The van der Waals surface area contributed by atoms with Crippen LogP contribution in [0.1, 0.15) is 27.9 Å². The van der Waals surface area contributed by atoms with Gasteiger partial charge >= 0.3 is 0 Å². The highest BCUT2D eigenvalue weighted by Crippen LogP contribution is 2.28. The Morgan fingerprint density at radius 3 is 2.80 bits per heavy atom. The summed E-state index contributed by atoms with van der Waals surface area (Å²) in [5.41, 5.74) is 3.81. The normalized spacial score (nSPS) is 14.3. The van der Waals surface area contributed by atoms with E-state index in [0.29, 0.717) is 19.5 Å². The highest BCUT2D eigenvalue weighted by molar-refractivity contribution is 6.03. The van der Waals surface area contributed by atoms with Gasteiger partial charge in [-0.3, -0.25) is 4.79 Å². The van der Waals surface area contributed by atoms with Crippen LogP contribution in [0.4, 0.5) is 10.1 Å². The first-order chi connectivity index (χ1) is 9.65. The maximum Gasteiger partial charge on any atom is 0.166 e. The van der Waals surface area contributed by atoms with Gasteiger partial charge in [0, 0.05) is 30.8 Å². The SMILES string of the molecule is Cc1cc(F)ccc1CN1CCC(=O)c2ccccc21. The summed E-state index contributed by atoms with van der Waals surface area (Å²) < 4.78 is 13.2. The number of nitrogens with zero attached hydrogens (tertiary/aromatic N) is 1. The second-order valence-corrected chi connectivity index (χ2v) is 5.18. The van der Waals surface area contributed by atoms with Crippen LogP contribution in [0.3, 0.4) is 0 Å². The number of rotatable bonds is 2. The number of fused-ring (bicyclic) bond motifs is 1. The van der Waals surface area contributed by atoms with Gasteiger partial charge in [0.25, 0.3) is 0 Å². The molecule has 0 amide bonds. The molecule has 0 saturated heterocycles. The number of carbonyl (C=O) groups excluding carboxylic acids is 1. The fraction of sp³-hybridized carbons (Fsp3) is 0.235. The summed E-state index contributed by atoms with van der Waals surface area (Å²) in [5, 5.41) is 0. The predicted molar refractivity (Wildman–Crippen MR) is 77.6 cm³/mol. The third kappa shape index (κ3) is 2.31. The van der Waals surface area contributed by atoms with Crippen molar-refractivity contribution >= 4 is 11.5 Å². The van der Waals surface area contributed by atoms with Crippen molar-refractivity contribution in [1.82, 2.24) is 0 Å². The van der Waals surface area contributed by atoms with Crippen LogP contribution in [-0.2, 0) is 6.54 Å². The molecule has 3 heteroatoms. The van der Waals surface area contributed by atoms with Crippen molar-refractivity contribution < 1.29 is 9.18 Å². The Balaban J connectivity index is 1.92. The first kappa shape index (κ1) is 12.9. The van der Waals surface area contributed by atoms with Crippen LogP contribution in [0.2, 0.25) is 0 Å². The number of halogens is 1. The average Bonchev–Trinajstić information content (AvgIpc) is 2.45. The molecule has 0 aromatic heterocycles. The summed E-state index contributed by atoms with van der Waals surface area (Å²) in [5.74, 6) is -0.00634. The van der Waals surface area contributed by atoms with Gasteiger partial charge in [-0.25, -0.2) is 4.39 Å². The number of anilines is 1. The van der Waals surface area contributed by atoms with Gasteiger partial charge in [0.2, 0.25) is 0 Å². The minimum Gasteiger partial charge on any atom is -0.366 e. The fourth-order valence-corrected chi connectivity index (χ4v) is 2.68. The lowest BCUT2D eigenvalue weighted by atomic mass is 9.99. The van der Waals surface area contributed by atoms with Gasteiger partial charge in [-0.1, -0.05) is 18.2 Å². The number of para-hydroxylation sites is 1. The van der Waals surface area contributed by atoms with Gasteiger partial charge in [-0.05, 0) is 42.3 Å². The van der Waals surface area contributed by atoms with Crippen molar-refractivity contribution in [3.8, 4) is 0 Å². The maximum atomic E-state index is 13.2. The average molecular weight is 269 g/mol. The molecule has 1 aliphatic rings. The van der Waals surface area contributed by atoms with E-state index < -0.39 is 0 Å². The van der Waals surface area contributed by atoms with Crippen molar-refractivity contribution in [2.24, 2.45) is 0 Å². The highest BCUT2D eigenvalue weighted by Gasteiger charge is 2.22. The summed E-state index contributed by atoms with van der Waals surface area (Å²) in [7, 11) is 0. The predicted octanol–water partition coefficient (Wildman–Crippen LogP) is 3.73. The summed E-state index contributed by atoms with van der Waals surface area (Å²) in [6.45, 7) is 3.34. The molecule has 0 unspecified atom stereocenters. The molecule has 2 aromatic carbocycles. The number of hydrogen-bond acceptors (Lipinski definition) is 2. The summed E-state index contributed by atoms with van der Waals surface area (Å²) in [6.07, 6.45) is 0.539. The molecule has 1 aliphatic heterocycles. The van der Waals surface area contributed by atoms with Crippen LogP contribution in [0, 0.1) is 12.7 Å². The van der Waals surface area contributed by atoms with Crippen molar-refractivity contribution in [3.63, 3.8) is 0 Å². The number of benzene rings is 2. The fourth-order valence-electron chi connectivity index (χ4n) is 2.68. The molecule has 0 N–H and O–H groups in total. The van der Waals surface area contributed by atoms with E-state index in [1.807, 2.05) is 37.3 Å². The molecule has 0 atom stereocenters. The van der Waals surface area contributed by atoms with Crippen LogP contribution < -0.4 is 4.90 Å². The summed E-state index contributed by atoms with van der Waals surface area (Å²) in [6, 6.07) is 12.6. The van der Waals surface area contributed by atoms with Gasteiger partial charge in [0.1, 0.15) is 5.82 Å². The Morgan fingerprint density at radius 1 is 1.20 bits per heavy atom. The van der Waals surface area contributed by atoms with E-state index >= 15 is 0 Å². The Labute approximate surface area is 117 Å². The first-order valence-corrected chi connectivity index (χ1v) is 6.77. The molecule has 2 nitrogen and oxygen atoms in total. The molecule has 0 spiro atoms. The molecular formula is C17H16FNO. The molecule has 3 rings (SSSR count). The zero-order chi connectivity index (χ0) is 14.1. The van der Waals surface area contributed by atoms with Gasteiger partial charge in [0.15, 0.2) is 5.78 Å². The summed E-state index contributed by atoms with van der Waals surface area (Å²) in [4.78, 5) is 14.1. The van der Waals surface area contributed by atoms with Gasteiger partial charge in [-0.2, -0.15) is 0 Å². The lowest BCUT2D eigenvalue weighted by molar-refractivity contribution is 0.0979. The first-order valence-electron chi connectivity index (χ1n) is 6.77. The van der Waals surface area contributed by atoms with E-state index in [1.54, 1.807) is 6.07 Å². The van der Waals surface area contributed by atoms with E-state index in [-0.39, 0.29) is 11.6 Å². The van der Waals surface area contributed by atoms with E-state index in [1.165, 1.54) is 6.07 Å². The number of carbonyl (C=O) groups is 1. The molecule has 2 aromatic rings. The van der Waals surface area contributed by atoms with Gasteiger partial charge in [-0.15, -0.1) is 0 Å². The van der Waals surface area contributed by atoms with E-state index in [9.17, 15) is 9.18 Å². The van der Waals surface area contributed by atoms with Crippen molar-refractivity contribution in [1.29, 1.82) is 0 Å². The Kier molecular flexibility index (Phi) is 3.26. The smallest absolute Gasteiger partial charge is 0.166 e. The Morgan fingerprint density at radius 2 is 2.00 bits per heavy atom. The molecule has 0 aliphatic carbocycles. The lowest BCUT2D eigenvalue weighted by Crippen LogP contribution is -2.31. The third-order valence-corrected chi connectivity index (χ3v) is 3.82. The monoisotopic (exact) mass is 269 g/mol. The Hall–Kier alpha value is -2.16. The van der Waals surface area contributed by atoms with Crippen LogP contribution in [0.5, 0.6) is 0 Å². The minimum absolute atomic E-state index is 0.202. The van der Waals surface area contributed by atoms with Gasteiger partial charge in [0.05, 0.1) is 0 Å². The minimum atomic E-state index is -0.208. The number of aryl methyl sites for hydroxylation is 1. The van der Waals surface area contributed by atoms with Crippen LogP contribution in [0.25, 0.3) is 0 Å². The van der Waals surface area contributed by atoms with Crippen molar-refractivity contribution in [3.05, 3.63) is 65.0 Å². The van der Waals surface area contributed by atoms with Crippen LogP contribution in [-0.4, -0.2) is 12.3 Å². The largest absolute Gasteiger partial charge is 0.366 e. The molecule has 0 saturated carbocycles. The highest BCUT2D eigenvalue weighted by atomic mass is 19.1. The molecule has 0 fully saturated rings. The maximum absolute atomic E-state index is 13.2. The zero-order valence-electron chi connectivity index (χ0n) is 11.4.